The van der Waals surface area contributed by atoms with Crippen LogP contribution in [0.3, 0.4) is 0 Å². The van der Waals surface area contributed by atoms with Gasteiger partial charge in [0.1, 0.15) is 6.04 Å². The Balaban J connectivity index is 1.85. The second-order valence-corrected chi connectivity index (χ2v) is 8.01. The van der Waals surface area contributed by atoms with Crippen LogP contribution in [0.15, 0.2) is 83.8 Å². The van der Waals surface area contributed by atoms with E-state index in [0.29, 0.717) is 0 Å². The highest BCUT2D eigenvalue weighted by Crippen LogP contribution is 2.15. The monoisotopic (exact) mass is 416 g/mol. The Kier molecular flexibility index (Phi) is 6.36. The van der Waals surface area contributed by atoms with Gasteiger partial charge in [-0.3, -0.25) is 4.79 Å². The van der Waals surface area contributed by atoms with Crippen LogP contribution in [-0.2, 0) is 21.2 Å². The molecule has 29 heavy (non-hydrogen) atoms. The number of carbonyl (C=O) groups excluding carboxylic acids is 1. The summed E-state index contributed by atoms with van der Waals surface area (Å²) >= 11 is 0. The van der Waals surface area contributed by atoms with Gasteiger partial charge in [0.05, 0.1) is 4.90 Å². The summed E-state index contributed by atoms with van der Waals surface area (Å²) in [5.74, 6) is -2.86. The van der Waals surface area contributed by atoms with Crippen molar-refractivity contribution in [1.29, 1.82) is 0 Å². The molecule has 0 saturated heterocycles. The molecule has 0 aromatic heterocycles. The van der Waals surface area contributed by atoms with Gasteiger partial charge < -0.3 is 5.32 Å². The minimum atomic E-state index is -3.98. The van der Waals surface area contributed by atoms with Gasteiger partial charge >= 0.3 is 0 Å². The Morgan fingerprint density at radius 3 is 2.10 bits per heavy atom. The largest absolute Gasteiger partial charge is 0.325 e. The van der Waals surface area contributed by atoms with E-state index in [1.807, 2.05) is 0 Å². The number of carbonyl (C=O) groups is 1. The van der Waals surface area contributed by atoms with Crippen molar-refractivity contribution in [1.82, 2.24) is 4.72 Å². The van der Waals surface area contributed by atoms with Crippen molar-refractivity contribution in [3.63, 3.8) is 0 Å². The van der Waals surface area contributed by atoms with Crippen molar-refractivity contribution in [2.45, 2.75) is 17.4 Å². The lowest BCUT2D eigenvalue weighted by molar-refractivity contribution is -0.117. The van der Waals surface area contributed by atoms with Crippen molar-refractivity contribution < 1.29 is 22.0 Å². The predicted octanol–water partition coefficient (Wildman–Crippen LogP) is 3.49. The molecule has 0 radical (unpaired) electrons. The fraction of sp³-hybridized carbons (Fsp3) is 0.0952. The molecule has 0 saturated carbocycles. The first-order valence-corrected chi connectivity index (χ1v) is 10.2. The summed E-state index contributed by atoms with van der Waals surface area (Å²) in [4.78, 5) is 12.8. The number of sulfonamides is 1. The zero-order chi connectivity index (χ0) is 20.9. The van der Waals surface area contributed by atoms with Crippen molar-refractivity contribution >= 4 is 21.6 Å². The summed E-state index contributed by atoms with van der Waals surface area (Å²) in [6.07, 6.45) is 0.0718. The maximum Gasteiger partial charge on any atom is 0.242 e. The molecule has 5 nitrogen and oxygen atoms in total. The van der Waals surface area contributed by atoms with E-state index in [0.717, 1.165) is 17.7 Å². The summed E-state index contributed by atoms with van der Waals surface area (Å²) in [6, 6.07) is 18.2. The lowest BCUT2D eigenvalue weighted by Crippen LogP contribution is -2.45. The zero-order valence-electron chi connectivity index (χ0n) is 15.2. The molecule has 150 valence electrons. The molecule has 1 atom stereocenters. The Morgan fingerprint density at radius 1 is 0.862 bits per heavy atom. The van der Waals surface area contributed by atoms with Gasteiger partial charge in [0.2, 0.25) is 15.9 Å². The number of benzene rings is 3. The van der Waals surface area contributed by atoms with Gasteiger partial charge in [-0.05, 0) is 36.2 Å². The van der Waals surface area contributed by atoms with E-state index in [2.05, 4.69) is 10.0 Å². The molecule has 0 aliphatic carbocycles. The molecule has 0 bridgehead atoms. The SMILES string of the molecule is O=C(Nc1ccc(F)c(F)c1)[C@H](Cc1ccccc1)NS(=O)(=O)c1ccccc1. The number of rotatable bonds is 7. The van der Waals surface area contributed by atoms with E-state index < -0.39 is 33.6 Å². The molecular weight excluding hydrogens is 398 g/mol. The maximum atomic E-state index is 13.4. The molecule has 8 heteroatoms. The molecule has 0 aliphatic heterocycles. The van der Waals surface area contributed by atoms with Crippen LogP contribution in [0, 0.1) is 11.6 Å². The van der Waals surface area contributed by atoms with Crippen molar-refractivity contribution in [3.05, 3.63) is 96.1 Å². The molecule has 3 aromatic carbocycles. The number of hydrogen-bond acceptors (Lipinski definition) is 3. The van der Waals surface area contributed by atoms with E-state index >= 15 is 0 Å². The van der Waals surface area contributed by atoms with Gasteiger partial charge in [0, 0.05) is 11.8 Å². The molecule has 3 rings (SSSR count). The van der Waals surface area contributed by atoms with Crippen LogP contribution in [0.1, 0.15) is 5.56 Å². The predicted molar refractivity (Wildman–Crippen MR) is 106 cm³/mol. The Labute approximate surface area is 167 Å². The summed E-state index contributed by atoms with van der Waals surface area (Å²) in [5, 5.41) is 2.43. The van der Waals surface area contributed by atoms with Gasteiger partial charge in [-0.25, -0.2) is 17.2 Å². The Hall–Kier alpha value is -3.10. The molecule has 0 unspecified atom stereocenters. The van der Waals surface area contributed by atoms with E-state index in [1.54, 1.807) is 48.5 Å². The van der Waals surface area contributed by atoms with Crippen molar-refractivity contribution in [2.24, 2.45) is 0 Å². The van der Waals surface area contributed by atoms with Gasteiger partial charge in [0.15, 0.2) is 11.6 Å². The van der Waals surface area contributed by atoms with E-state index in [9.17, 15) is 22.0 Å². The second-order valence-electron chi connectivity index (χ2n) is 6.29. The quantitative estimate of drug-likeness (QED) is 0.619. The molecular formula is C21H18F2N2O3S. The molecule has 3 aromatic rings. The highest BCUT2D eigenvalue weighted by Gasteiger charge is 2.26. The maximum absolute atomic E-state index is 13.4. The van der Waals surface area contributed by atoms with Crippen LogP contribution >= 0.6 is 0 Å². The topological polar surface area (TPSA) is 75.3 Å². The molecule has 2 N–H and O–H groups in total. The first-order chi connectivity index (χ1) is 13.8. The average Bonchev–Trinajstić information content (AvgIpc) is 2.71. The van der Waals surface area contributed by atoms with Gasteiger partial charge in [0.25, 0.3) is 0 Å². The summed E-state index contributed by atoms with van der Waals surface area (Å²) < 4.78 is 54.3. The normalized spacial score (nSPS) is 12.3. The first kappa shape index (κ1) is 20.6. The van der Waals surface area contributed by atoms with Crippen LogP contribution in [-0.4, -0.2) is 20.4 Å². The molecule has 0 fully saturated rings. The standard InChI is InChI=1S/C21H18F2N2O3S/c22-18-12-11-16(14-19(18)23)24-21(26)20(13-15-7-3-1-4-8-15)25-29(27,28)17-9-5-2-6-10-17/h1-12,14,20,25H,13H2,(H,24,26)/t20-/m0/s1. The molecule has 0 aliphatic rings. The van der Waals surface area contributed by atoms with Gasteiger partial charge in [-0.2, -0.15) is 4.72 Å². The lowest BCUT2D eigenvalue weighted by Gasteiger charge is -2.19. The fourth-order valence-electron chi connectivity index (χ4n) is 2.70. The number of halogens is 2. The molecule has 1 amide bonds. The zero-order valence-corrected chi connectivity index (χ0v) is 16.0. The van der Waals surface area contributed by atoms with E-state index in [4.69, 9.17) is 0 Å². The molecule has 0 spiro atoms. The smallest absolute Gasteiger partial charge is 0.242 e. The lowest BCUT2D eigenvalue weighted by atomic mass is 10.1. The van der Waals surface area contributed by atoms with Gasteiger partial charge in [-0.1, -0.05) is 48.5 Å². The van der Waals surface area contributed by atoms with Crippen molar-refractivity contribution in [2.75, 3.05) is 5.32 Å². The highest BCUT2D eigenvalue weighted by molar-refractivity contribution is 7.89. The van der Waals surface area contributed by atoms with Crippen LogP contribution in [0.25, 0.3) is 0 Å². The Bertz CT molecular complexity index is 1090. The third kappa shape index (κ3) is 5.46. The summed E-state index contributed by atoms with van der Waals surface area (Å²) in [6.45, 7) is 0. The minimum absolute atomic E-state index is 0.0127. The average molecular weight is 416 g/mol. The van der Waals surface area contributed by atoms with Gasteiger partial charge in [-0.15, -0.1) is 0 Å². The molecule has 0 heterocycles. The minimum Gasteiger partial charge on any atom is -0.325 e. The van der Waals surface area contributed by atoms with Crippen LogP contribution in [0.5, 0.6) is 0 Å². The number of nitrogens with one attached hydrogen (secondary N) is 2. The van der Waals surface area contributed by atoms with E-state index in [1.165, 1.54) is 18.2 Å². The third-order valence-electron chi connectivity index (χ3n) is 4.14. The third-order valence-corrected chi connectivity index (χ3v) is 5.62. The second kappa shape index (κ2) is 8.93. The van der Waals surface area contributed by atoms with Crippen LogP contribution in [0.2, 0.25) is 0 Å². The summed E-state index contributed by atoms with van der Waals surface area (Å²) in [5.41, 5.74) is 0.750. The number of amides is 1. The Morgan fingerprint density at radius 2 is 1.48 bits per heavy atom. The number of hydrogen-bond donors (Lipinski definition) is 2. The van der Waals surface area contributed by atoms with Crippen LogP contribution in [0.4, 0.5) is 14.5 Å². The fourth-order valence-corrected chi connectivity index (χ4v) is 3.91. The van der Waals surface area contributed by atoms with Crippen molar-refractivity contribution in [3.8, 4) is 0 Å². The van der Waals surface area contributed by atoms with E-state index in [-0.39, 0.29) is 17.0 Å². The summed E-state index contributed by atoms with van der Waals surface area (Å²) in [7, 11) is -3.98. The number of anilines is 1. The highest BCUT2D eigenvalue weighted by atomic mass is 32.2. The first-order valence-electron chi connectivity index (χ1n) is 8.72. The van der Waals surface area contributed by atoms with Crippen LogP contribution < -0.4 is 10.0 Å².